The lowest BCUT2D eigenvalue weighted by Gasteiger charge is -2.44. The van der Waals surface area contributed by atoms with Gasteiger partial charge in [-0.3, -0.25) is 9.59 Å². The predicted octanol–water partition coefficient (Wildman–Crippen LogP) is 5.68. The van der Waals surface area contributed by atoms with E-state index in [9.17, 15) is 14.4 Å². The zero-order valence-electron chi connectivity index (χ0n) is 24.5. The molecule has 2 aliphatic carbocycles. The van der Waals surface area contributed by atoms with Crippen molar-refractivity contribution in [3.8, 4) is 12.3 Å². The molecule has 2 aromatic rings. The van der Waals surface area contributed by atoms with Crippen molar-refractivity contribution < 1.29 is 19.1 Å². The average Bonchev–Trinajstić information content (AvgIpc) is 2.91. The fraction of sp³-hybridized carbons (Fsp3) is 0.500. The van der Waals surface area contributed by atoms with Crippen LogP contribution in [0.4, 0.5) is 4.79 Å². The Balaban J connectivity index is 1.73. The van der Waals surface area contributed by atoms with E-state index in [1.165, 1.54) is 6.42 Å². The summed E-state index contributed by atoms with van der Waals surface area (Å²) in [4.78, 5) is 43.5. The Labute approximate surface area is 244 Å². The molecule has 41 heavy (non-hydrogen) atoms. The third kappa shape index (κ3) is 8.13. The summed E-state index contributed by atoms with van der Waals surface area (Å²) in [6, 6.07) is 15.0. The second kappa shape index (κ2) is 13.7. The van der Waals surface area contributed by atoms with Crippen LogP contribution in [0.1, 0.15) is 94.9 Å². The van der Waals surface area contributed by atoms with Crippen molar-refractivity contribution in [1.82, 2.24) is 15.5 Å². The Morgan fingerprint density at radius 1 is 0.951 bits per heavy atom. The van der Waals surface area contributed by atoms with Gasteiger partial charge in [0.1, 0.15) is 17.7 Å². The van der Waals surface area contributed by atoms with Crippen molar-refractivity contribution in [3.63, 3.8) is 0 Å². The molecule has 2 saturated carbocycles. The molecule has 2 atom stereocenters. The second-order valence-electron chi connectivity index (χ2n) is 12.2. The summed E-state index contributed by atoms with van der Waals surface area (Å²) in [6.45, 7) is 5.34. The van der Waals surface area contributed by atoms with Gasteiger partial charge in [-0.1, -0.05) is 73.7 Å². The van der Waals surface area contributed by atoms with Crippen LogP contribution in [-0.4, -0.2) is 46.5 Å². The minimum atomic E-state index is -0.934. The first-order valence-corrected chi connectivity index (χ1v) is 14.9. The van der Waals surface area contributed by atoms with E-state index in [0.717, 1.165) is 50.5 Å². The first-order chi connectivity index (χ1) is 19.7. The van der Waals surface area contributed by atoms with Gasteiger partial charge >= 0.3 is 6.09 Å². The number of nitrogens with one attached hydrogen (secondary N) is 2. The summed E-state index contributed by atoms with van der Waals surface area (Å²) in [5.41, 5.74) is 1.36. The third-order valence-electron chi connectivity index (χ3n) is 7.88. The first-order valence-electron chi connectivity index (χ1n) is 14.9. The lowest BCUT2D eigenvalue weighted by molar-refractivity contribution is -0.147. The molecule has 3 amide bonds. The highest BCUT2D eigenvalue weighted by Gasteiger charge is 2.43. The molecular formula is C34H43N3O4. The number of ether oxygens (including phenoxy) is 1. The van der Waals surface area contributed by atoms with E-state index in [1.807, 2.05) is 48.5 Å². The minimum absolute atomic E-state index is 0.0649. The van der Waals surface area contributed by atoms with Gasteiger partial charge in [-0.25, -0.2) is 4.79 Å². The smallest absolute Gasteiger partial charge is 0.408 e. The van der Waals surface area contributed by atoms with Gasteiger partial charge in [0.05, 0.1) is 0 Å². The van der Waals surface area contributed by atoms with Gasteiger partial charge in [0.2, 0.25) is 11.8 Å². The summed E-state index contributed by atoms with van der Waals surface area (Å²) >= 11 is 0. The van der Waals surface area contributed by atoms with E-state index in [-0.39, 0.29) is 30.3 Å². The molecule has 0 saturated heterocycles. The van der Waals surface area contributed by atoms with Crippen LogP contribution >= 0.6 is 0 Å². The maximum atomic E-state index is 14.6. The van der Waals surface area contributed by atoms with Gasteiger partial charge < -0.3 is 20.3 Å². The number of terminal acetylenes is 1. The number of hydrogen-bond acceptors (Lipinski definition) is 4. The van der Waals surface area contributed by atoms with E-state index >= 15 is 0 Å². The number of alkyl carbamates (subject to hydrolysis) is 1. The molecule has 2 fully saturated rings. The van der Waals surface area contributed by atoms with Crippen molar-refractivity contribution in [3.05, 3.63) is 71.3 Å². The first kappa shape index (κ1) is 30.2. The summed E-state index contributed by atoms with van der Waals surface area (Å²) in [5, 5.41) is 6.09. The van der Waals surface area contributed by atoms with Crippen molar-refractivity contribution in [2.24, 2.45) is 0 Å². The van der Waals surface area contributed by atoms with E-state index in [1.54, 1.807) is 31.7 Å². The molecule has 0 heterocycles. The standard InChI is InChI=1S/C34H43N3O4/c1-5-25-17-12-13-22-28(25)30(31(38)35-26-18-10-7-11-19-26)37(27-20-14-21-27)32(39)29(23-24-15-8-6-9-16-24)36-33(40)41-34(2,3)4/h1,6,8-9,12-13,15-17,22,26-27,29-30H,7,10-11,14,18-21,23H2,2-4H3,(H,35,38)(H,36,40). The van der Waals surface area contributed by atoms with Crippen molar-refractivity contribution >= 4 is 17.9 Å². The van der Waals surface area contributed by atoms with Crippen molar-refractivity contribution in [2.75, 3.05) is 0 Å². The van der Waals surface area contributed by atoms with Gasteiger partial charge in [0.15, 0.2) is 0 Å². The van der Waals surface area contributed by atoms with Crippen LogP contribution in [0.25, 0.3) is 0 Å². The second-order valence-corrected chi connectivity index (χ2v) is 12.2. The highest BCUT2D eigenvalue weighted by atomic mass is 16.6. The highest BCUT2D eigenvalue weighted by molar-refractivity contribution is 5.93. The van der Waals surface area contributed by atoms with E-state index in [4.69, 9.17) is 11.2 Å². The number of rotatable bonds is 9. The van der Waals surface area contributed by atoms with Crippen molar-refractivity contribution in [2.45, 2.75) is 108 Å². The van der Waals surface area contributed by atoms with Gasteiger partial charge in [-0.2, -0.15) is 0 Å². The van der Waals surface area contributed by atoms with Crippen molar-refractivity contribution in [1.29, 1.82) is 0 Å². The summed E-state index contributed by atoms with van der Waals surface area (Å²) < 4.78 is 5.54. The van der Waals surface area contributed by atoms with Gasteiger partial charge in [0, 0.05) is 24.1 Å². The maximum Gasteiger partial charge on any atom is 0.408 e. The quantitative estimate of drug-likeness (QED) is 0.389. The van der Waals surface area contributed by atoms with Gasteiger partial charge in [-0.15, -0.1) is 6.42 Å². The fourth-order valence-corrected chi connectivity index (χ4v) is 5.67. The Morgan fingerprint density at radius 2 is 1.61 bits per heavy atom. The molecule has 7 nitrogen and oxygen atoms in total. The molecular weight excluding hydrogens is 514 g/mol. The lowest BCUT2D eigenvalue weighted by atomic mass is 9.86. The molecule has 0 aromatic heterocycles. The molecule has 2 aliphatic rings. The van der Waals surface area contributed by atoms with Crippen LogP contribution in [0.5, 0.6) is 0 Å². The molecule has 0 aliphatic heterocycles. The molecule has 2 aromatic carbocycles. The van der Waals surface area contributed by atoms with Crippen LogP contribution in [0.15, 0.2) is 54.6 Å². The third-order valence-corrected chi connectivity index (χ3v) is 7.88. The number of benzene rings is 2. The fourth-order valence-electron chi connectivity index (χ4n) is 5.67. The minimum Gasteiger partial charge on any atom is -0.444 e. The Hall–Kier alpha value is -3.79. The molecule has 7 heteroatoms. The van der Waals surface area contributed by atoms with Gasteiger partial charge in [-0.05, 0) is 70.1 Å². The van der Waals surface area contributed by atoms with Crippen LogP contribution in [0.3, 0.4) is 0 Å². The maximum absolute atomic E-state index is 14.6. The molecule has 0 spiro atoms. The Morgan fingerprint density at radius 3 is 2.22 bits per heavy atom. The normalized spacial score (nSPS) is 17.3. The van der Waals surface area contributed by atoms with E-state index < -0.39 is 23.8 Å². The molecule has 4 rings (SSSR count). The zero-order chi connectivity index (χ0) is 29.4. The van der Waals surface area contributed by atoms with Crippen LogP contribution in [-0.2, 0) is 20.7 Å². The lowest BCUT2D eigenvalue weighted by Crippen LogP contribution is -2.58. The van der Waals surface area contributed by atoms with Gasteiger partial charge in [0.25, 0.3) is 0 Å². The molecule has 0 radical (unpaired) electrons. The van der Waals surface area contributed by atoms with Crippen LogP contribution < -0.4 is 10.6 Å². The van der Waals surface area contributed by atoms with E-state index in [0.29, 0.717) is 11.1 Å². The van der Waals surface area contributed by atoms with E-state index in [2.05, 4.69) is 16.6 Å². The average molecular weight is 558 g/mol. The van der Waals surface area contributed by atoms with Crippen LogP contribution in [0.2, 0.25) is 0 Å². The van der Waals surface area contributed by atoms with Crippen LogP contribution in [0, 0.1) is 12.3 Å². The summed E-state index contributed by atoms with van der Waals surface area (Å²) in [6.07, 6.45) is 13.2. The molecule has 218 valence electrons. The molecule has 0 bridgehead atoms. The number of carbonyl (C=O) groups excluding carboxylic acids is 3. The topological polar surface area (TPSA) is 87.7 Å². The zero-order valence-corrected chi connectivity index (χ0v) is 24.5. The monoisotopic (exact) mass is 557 g/mol. The summed E-state index contributed by atoms with van der Waals surface area (Å²) in [7, 11) is 0. The molecule has 2 N–H and O–H groups in total. The Bertz CT molecular complexity index is 1240. The molecule has 2 unspecified atom stereocenters. The summed E-state index contributed by atoms with van der Waals surface area (Å²) in [5.74, 6) is 2.18. The SMILES string of the molecule is C#Cc1ccccc1C(C(=O)NC1CCCCC1)N(C(=O)C(Cc1ccccc1)NC(=O)OC(C)(C)C)C1CCC1. The number of amides is 3. The largest absolute Gasteiger partial charge is 0.444 e. The number of carbonyl (C=O) groups is 3. The predicted molar refractivity (Wildman–Crippen MR) is 160 cm³/mol. The highest BCUT2D eigenvalue weighted by Crippen LogP contribution is 2.35. The number of nitrogens with zero attached hydrogens (tertiary/aromatic N) is 1. The Kier molecular flexibility index (Phi) is 10.1. The number of hydrogen-bond donors (Lipinski definition) is 2.